The summed E-state index contributed by atoms with van der Waals surface area (Å²) in [5, 5.41) is 2.56. The zero-order valence-electron chi connectivity index (χ0n) is 14.3. The predicted molar refractivity (Wildman–Crippen MR) is 92.2 cm³/mol. The van der Waals surface area contributed by atoms with Crippen LogP contribution in [0.25, 0.3) is 0 Å². The Labute approximate surface area is 149 Å². The minimum Gasteiger partial charge on any atom is -0.378 e. The van der Waals surface area contributed by atoms with Crippen LogP contribution in [0.1, 0.15) is 5.56 Å². The number of hydrogen-bond donors (Lipinski definition) is 1. The topological polar surface area (TPSA) is 82.1 Å². The third-order valence-electron chi connectivity index (χ3n) is 4.00. The number of carbonyl (C=O) groups is 3. The highest BCUT2D eigenvalue weighted by atomic mass is 19.1. The Hall–Kier alpha value is -3.29. The highest BCUT2D eigenvalue weighted by Gasteiger charge is 2.40. The van der Waals surface area contributed by atoms with Gasteiger partial charge in [-0.3, -0.25) is 19.3 Å². The van der Waals surface area contributed by atoms with Crippen molar-refractivity contribution >= 4 is 23.4 Å². The van der Waals surface area contributed by atoms with Gasteiger partial charge in [-0.15, -0.1) is 0 Å². The molecule has 3 rings (SSSR count). The van der Waals surface area contributed by atoms with Gasteiger partial charge in [-0.05, 0) is 23.8 Å². The first-order chi connectivity index (χ1) is 12.4. The van der Waals surface area contributed by atoms with Crippen LogP contribution in [0.15, 0.2) is 53.3 Å². The molecule has 134 valence electrons. The van der Waals surface area contributed by atoms with Crippen molar-refractivity contribution in [2.24, 2.45) is 4.99 Å². The van der Waals surface area contributed by atoms with E-state index in [0.29, 0.717) is 5.56 Å². The Morgan fingerprint density at radius 1 is 1.27 bits per heavy atom. The molecule has 0 saturated carbocycles. The van der Waals surface area contributed by atoms with Crippen molar-refractivity contribution in [3.63, 3.8) is 0 Å². The molecule has 1 unspecified atom stereocenters. The Kier molecular flexibility index (Phi) is 4.66. The van der Waals surface area contributed by atoms with Gasteiger partial charge in [-0.2, -0.15) is 0 Å². The van der Waals surface area contributed by atoms with E-state index in [1.807, 2.05) is 19.0 Å². The highest BCUT2D eigenvalue weighted by Crippen LogP contribution is 2.18. The summed E-state index contributed by atoms with van der Waals surface area (Å²) < 4.78 is 12.9. The molecule has 0 aromatic heterocycles. The van der Waals surface area contributed by atoms with Gasteiger partial charge < -0.3 is 10.2 Å². The van der Waals surface area contributed by atoms with Gasteiger partial charge in [0.2, 0.25) is 0 Å². The molecule has 2 amide bonds. The number of carbonyl (C=O) groups excluding carboxylic acids is 3. The molecule has 0 fully saturated rings. The summed E-state index contributed by atoms with van der Waals surface area (Å²) in [4.78, 5) is 43.9. The highest BCUT2D eigenvalue weighted by molar-refractivity contribution is 6.47. The van der Waals surface area contributed by atoms with E-state index in [4.69, 9.17) is 0 Å². The molecule has 2 aliphatic rings. The van der Waals surface area contributed by atoms with Crippen LogP contribution in [-0.4, -0.2) is 53.4 Å². The van der Waals surface area contributed by atoms with E-state index in [9.17, 15) is 18.8 Å². The van der Waals surface area contributed by atoms with Crippen LogP contribution in [0.3, 0.4) is 0 Å². The number of hydrogen-bond acceptors (Lipinski definition) is 5. The van der Waals surface area contributed by atoms with E-state index < -0.39 is 23.6 Å². The molecule has 8 heteroatoms. The molecule has 7 nitrogen and oxygen atoms in total. The standard InChI is InChI=1S/C18H17FN4O3/c1-22(2)13-7-8-23-14(9-13)21-15(16(24)18(23)26)17(25)20-10-11-3-5-12(19)6-4-11/h3-9,15H,10H2,1-2H3,(H,20,25). The minimum atomic E-state index is -1.43. The number of fused-ring (bicyclic) bond motifs is 1. The lowest BCUT2D eigenvalue weighted by atomic mass is 10.1. The van der Waals surface area contributed by atoms with Crippen LogP contribution >= 0.6 is 0 Å². The summed E-state index contributed by atoms with van der Waals surface area (Å²) in [6.07, 6.45) is 4.77. The number of amides is 2. The van der Waals surface area contributed by atoms with Gasteiger partial charge in [0.05, 0.1) is 0 Å². The molecule has 1 aromatic carbocycles. The SMILES string of the molecule is CN(C)C1=CC2=NC(C(=O)NCc3ccc(F)cc3)C(=O)C(=O)N2C=C1. The van der Waals surface area contributed by atoms with Gasteiger partial charge in [0, 0.05) is 38.6 Å². The van der Waals surface area contributed by atoms with E-state index in [1.54, 1.807) is 12.2 Å². The lowest BCUT2D eigenvalue weighted by Crippen LogP contribution is -2.52. The zero-order valence-corrected chi connectivity index (χ0v) is 14.3. The van der Waals surface area contributed by atoms with Crippen LogP contribution < -0.4 is 5.32 Å². The Balaban J connectivity index is 1.78. The number of nitrogens with zero attached hydrogens (tertiary/aromatic N) is 3. The Morgan fingerprint density at radius 3 is 2.62 bits per heavy atom. The molecule has 0 aliphatic carbocycles. The average molecular weight is 356 g/mol. The number of rotatable bonds is 4. The fourth-order valence-electron chi connectivity index (χ4n) is 2.52. The average Bonchev–Trinajstić information content (AvgIpc) is 2.63. The number of halogens is 1. The van der Waals surface area contributed by atoms with Crippen molar-refractivity contribution in [1.29, 1.82) is 0 Å². The molecule has 2 aliphatic heterocycles. The van der Waals surface area contributed by atoms with E-state index in [0.717, 1.165) is 10.6 Å². The maximum atomic E-state index is 12.9. The Morgan fingerprint density at radius 2 is 1.96 bits per heavy atom. The number of benzene rings is 1. The van der Waals surface area contributed by atoms with Gasteiger partial charge in [-0.25, -0.2) is 9.38 Å². The predicted octanol–water partition coefficient (Wildman–Crippen LogP) is 0.593. The summed E-state index contributed by atoms with van der Waals surface area (Å²) >= 11 is 0. The lowest BCUT2D eigenvalue weighted by molar-refractivity contribution is -0.144. The van der Waals surface area contributed by atoms with Gasteiger partial charge in [-0.1, -0.05) is 12.1 Å². The summed E-state index contributed by atoms with van der Waals surface area (Å²) in [5.41, 5.74) is 1.45. The number of amidine groups is 1. The number of nitrogens with one attached hydrogen (secondary N) is 1. The van der Waals surface area contributed by atoms with Crippen LogP contribution in [-0.2, 0) is 20.9 Å². The van der Waals surface area contributed by atoms with Crippen molar-refractivity contribution in [3.8, 4) is 0 Å². The fraction of sp³-hybridized carbons (Fsp3) is 0.222. The largest absolute Gasteiger partial charge is 0.378 e. The van der Waals surface area contributed by atoms with Crippen LogP contribution in [0, 0.1) is 5.82 Å². The van der Waals surface area contributed by atoms with E-state index in [-0.39, 0.29) is 18.2 Å². The molecular weight excluding hydrogens is 339 g/mol. The summed E-state index contributed by atoms with van der Waals surface area (Å²) in [7, 11) is 3.66. The van der Waals surface area contributed by atoms with Crippen LogP contribution in [0.4, 0.5) is 4.39 Å². The molecule has 1 N–H and O–H groups in total. The van der Waals surface area contributed by atoms with Crippen molar-refractivity contribution in [2.75, 3.05) is 14.1 Å². The zero-order chi connectivity index (χ0) is 18.8. The molecule has 0 radical (unpaired) electrons. The lowest BCUT2D eigenvalue weighted by Gasteiger charge is -2.29. The molecule has 2 heterocycles. The second-order valence-electron chi connectivity index (χ2n) is 6.05. The van der Waals surface area contributed by atoms with Gasteiger partial charge in [0.15, 0.2) is 6.04 Å². The van der Waals surface area contributed by atoms with Crippen LogP contribution in [0.5, 0.6) is 0 Å². The van der Waals surface area contributed by atoms with Gasteiger partial charge >= 0.3 is 5.91 Å². The van der Waals surface area contributed by atoms with E-state index in [2.05, 4.69) is 10.3 Å². The summed E-state index contributed by atoms with van der Waals surface area (Å²) in [6.45, 7) is 0.102. The summed E-state index contributed by atoms with van der Waals surface area (Å²) in [6, 6.07) is 4.16. The number of allylic oxidation sites excluding steroid dienone is 1. The maximum Gasteiger partial charge on any atom is 0.302 e. The molecule has 0 bridgehead atoms. The van der Waals surface area contributed by atoms with E-state index >= 15 is 0 Å². The first-order valence-electron chi connectivity index (χ1n) is 7.91. The first-order valence-corrected chi connectivity index (χ1v) is 7.91. The molecular formula is C18H17FN4O3. The van der Waals surface area contributed by atoms with E-state index in [1.165, 1.54) is 30.5 Å². The second kappa shape index (κ2) is 6.91. The van der Waals surface area contributed by atoms with Crippen LogP contribution in [0.2, 0.25) is 0 Å². The molecule has 1 atom stereocenters. The normalized spacial score (nSPS) is 18.9. The van der Waals surface area contributed by atoms with Crippen molar-refractivity contribution in [3.05, 3.63) is 59.7 Å². The van der Waals surface area contributed by atoms with Gasteiger partial charge in [0.25, 0.3) is 11.7 Å². The Bertz CT molecular complexity index is 856. The smallest absolute Gasteiger partial charge is 0.302 e. The minimum absolute atomic E-state index is 0.102. The number of likely N-dealkylation sites (N-methyl/N-ethyl adjacent to an activating group) is 1. The molecule has 26 heavy (non-hydrogen) atoms. The third kappa shape index (κ3) is 3.39. The van der Waals surface area contributed by atoms with Crippen molar-refractivity contribution < 1.29 is 18.8 Å². The number of Topliss-reactive ketones (excluding diaryl/α,β-unsaturated/α-hetero) is 1. The maximum absolute atomic E-state index is 12.9. The number of aliphatic imine (C=N–C) groups is 1. The third-order valence-corrected chi connectivity index (χ3v) is 4.00. The van der Waals surface area contributed by atoms with Crippen molar-refractivity contribution in [1.82, 2.24) is 15.1 Å². The molecule has 0 saturated heterocycles. The molecule has 0 spiro atoms. The first kappa shape index (κ1) is 17.5. The quantitative estimate of drug-likeness (QED) is 0.632. The molecule has 1 aromatic rings. The van der Waals surface area contributed by atoms with Gasteiger partial charge in [0.1, 0.15) is 11.7 Å². The monoisotopic (exact) mass is 356 g/mol. The fourth-order valence-corrected chi connectivity index (χ4v) is 2.52. The van der Waals surface area contributed by atoms with Crippen molar-refractivity contribution in [2.45, 2.75) is 12.6 Å². The number of ketones is 1. The summed E-state index contributed by atoms with van der Waals surface area (Å²) in [5.74, 6) is -2.51. The second-order valence-corrected chi connectivity index (χ2v) is 6.05.